The highest BCUT2D eigenvalue weighted by Gasteiger charge is 2.13. The lowest BCUT2D eigenvalue weighted by atomic mass is 10.0. The predicted molar refractivity (Wildman–Crippen MR) is 78.6 cm³/mol. The molecule has 0 fully saturated rings. The molecule has 0 spiro atoms. The number of aryl methyl sites for hydroxylation is 2. The molecule has 1 heterocycles. The first-order valence-electron chi connectivity index (χ1n) is 6.03. The summed E-state index contributed by atoms with van der Waals surface area (Å²) in [5, 5.41) is 0. The van der Waals surface area contributed by atoms with Crippen LogP contribution in [-0.4, -0.2) is 16.1 Å². The molecular weight excluding hydrogens is 290 g/mol. The zero-order valence-corrected chi connectivity index (χ0v) is 12.6. The molecule has 0 unspecified atom stereocenters. The van der Waals surface area contributed by atoms with E-state index >= 15 is 0 Å². The Labute approximate surface area is 116 Å². The Morgan fingerprint density at radius 2 is 2.00 bits per heavy atom. The van der Waals surface area contributed by atoms with E-state index in [1.54, 1.807) is 0 Å². The lowest BCUT2D eigenvalue weighted by Gasteiger charge is -2.03. The van der Waals surface area contributed by atoms with Crippen LogP contribution in [0.3, 0.4) is 0 Å². The van der Waals surface area contributed by atoms with E-state index in [-0.39, 0.29) is 0 Å². The molecule has 4 heteroatoms. The van der Waals surface area contributed by atoms with Gasteiger partial charge in [-0.1, -0.05) is 12.1 Å². The Balaban J connectivity index is 2.50. The van der Waals surface area contributed by atoms with Gasteiger partial charge in [0.15, 0.2) is 0 Å². The molecule has 0 aliphatic rings. The number of benzene rings is 1. The molecule has 0 bridgehead atoms. The van der Waals surface area contributed by atoms with Gasteiger partial charge in [-0.05, 0) is 53.5 Å². The number of halogens is 1. The smallest absolute Gasteiger partial charge is 0.112 e. The highest BCUT2D eigenvalue weighted by molar-refractivity contribution is 9.10. The Bertz CT molecular complexity index is 573. The topological polar surface area (TPSA) is 43.8 Å². The van der Waals surface area contributed by atoms with Gasteiger partial charge >= 0.3 is 0 Å². The minimum atomic E-state index is 0.615. The van der Waals surface area contributed by atoms with Crippen LogP contribution in [0.4, 0.5) is 0 Å². The summed E-state index contributed by atoms with van der Waals surface area (Å²) in [4.78, 5) is 4.68. The Hall–Kier alpha value is -1.13. The van der Waals surface area contributed by atoms with E-state index in [0.717, 1.165) is 28.1 Å². The van der Waals surface area contributed by atoms with Gasteiger partial charge < -0.3 is 10.3 Å². The van der Waals surface area contributed by atoms with E-state index in [2.05, 4.69) is 57.5 Å². The van der Waals surface area contributed by atoms with Gasteiger partial charge in [0, 0.05) is 19.0 Å². The lowest BCUT2D eigenvalue weighted by molar-refractivity contribution is 0.767. The van der Waals surface area contributed by atoms with Gasteiger partial charge in [0.2, 0.25) is 0 Å². The maximum absolute atomic E-state index is 5.60. The molecular formula is C14H18BrN3. The average molecular weight is 308 g/mol. The molecule has 1 aromatic heterocycles. The summed E-state index contributed by atoms with van der Waals surface area (Å²) in [7, 11) is 2.01. The summed E-state index contributed by atoms with van der Waals surface area (Å²) in [6.07, 6.45) is 0.792. The number of nitrogens with zero attached hydrogens (tertiary/aromatic N) is 2. The van der Waals surface area contributed by atoms with Gasteiger partial charge in [0.1, 0.15) is 16.1 Å². The summed E-state index contributed by atoms with van der Waals surface area (Å²) >= 11 is 3.61. The molecule has 2 N–H and O–H groups in total. The highest BCUT2D eigenvalue weighted by Crippen LogP contribution is 2.29. The van der Waals surface area contributed by atoms with E-state index in [4.69, 9.17) is 5.73 Å². The predicted octanol–water partition coefficient (Wildman–Crippen LogP) is 2.97. The van der Waals surface area contributed by atoms with Crippen molar-refractivity contribution in [2.75, 3.05) is 6.54 Å². The molecule has 2 rings (SSSR count). The first-order chi connectivity index (χ1) is 8.54. The molecule has 0 aliphatic carbocycles. The van der Waals surface area contributed by atoms with Crippen LogP contribution in [0.15, 0.2) is 22.8 Å². The van der Waals surface area contributed by atoms with Crippen molar-refractivity contribution in [3.05, 3.63) is 39.8 Å². The van der Waals surface area contributed by atoms with Crippen LogP contribution in [-0.2, 0) is 13.5 Å². The third kappa shape index (κ3) is 2.35. The Morgan fingerprint density at radius 3 is 2.61 bits per heavy atom. The van der Waals surface area contributed by atoms with E-state index in [1.165, 1.54) is 11.1 Å². The summed E-state index contributed by atoms with van der Waals surface area (Å²) < 4.78 is 3.06. The molecule has 18 heavy (non-hydrogen) atoms. The largest absolute Gasteiger partial charge is 0.330 e. The van der Waals surface area contributed by atoms with E-state index in [9.17, 15) is 0 Å². The van der Waals surface area contributed by atoms with E-state index < -0.39 is 0 Å². The summed E-state index contributed by atoms with van der Waals surface area (Å²) in [5.41, 5.74) is 10.3. The van der Waals surface area contributed by atoms with Crippen molar-refractivity contribution < 1.29 is 0 Å². The quantitative estimate of drug-likeness (QED) is 0.947. The van der Waals surface area contributed by atoms with Crippen molar-refractivity contribution in [3.63, 3.8) is 0 Å². The molecule has 0 radical (unpaired) electrons. The lowest BCUT2D eigenvalue weighted by Crippen LogP contribution is -2.07. The third-order valence-corrected chi connectivity index (χ3v) is 4.17. The molecule has 1 aromatic carbocycles. The molecule has 2 aromatic rings. The maximum Gasteiger partial charge on any atom is 0.112 e. The van der Waals surface area contributed by atoms with Crippen LogP contribution in [0.1, 0.15) is 17.0 Å². The van der Waals surface area contributed by atoms with Crippen LogP contribution < -0.4 is 5.73 Å². The SMILES string of the molecule is Cc1ccc(-c2nc(CCN)n(C)c2Br)cc1C. The summed E-state index contributed by atoms with van der Waals surface area (Å²) in [6, 6.07) is 6.42. The first-order valence-corrected chi connectivity index (χ1v) is 6.82. The van der Waals surface area contributed by atoms with Crippen LogP contribution in [0.25, 0.3) is 11.3 Å². The van der Waals surface area contributed by atoms with Crippen molar-refractivity contribution in [1.29, 1.82) is 0 Å². The standard InChI is InChI=1S/C14H18BrN3/c1-9-4-5-11(8-10(9)2)13-14(15)18(3)12(17-13)6-7-16/h4-5,8H,6-7,16H2,1-3H3. The monoisotopic (exact) mass is 307 g/mol. The maximum atomic E-state index is 5.60. The number of imidazole rings is 1. The van der Waals surface area contributed by atoms with Gasteiger partial charge in [0.05, 0.1) is 0 Å². The fourth-order valence-electron chi connectivity index (χ4n) is 1.95. The fraction of sp³-hybridized carbons (Fsp3) is 0.357. The van der Waals surface area contributed by atoms with Crippen LogP contribution in [0.2, 0.25) is 0 Å². The van der Waals surface area contributed by atoms with Gasteiger partial charge in [-0.2, -0.15) is 0 Å². The molecule has 0 amide bonds. The van der Waals surface area contributed by atoms with Crippen LogP contribution >= 0.6 is 15.9 Å². The average Bonchev–Trinajstić information content (AvgIpc) is 2.62. The highest BCUT2D eigenvalue weighted by atomic mass is 79.9. The zero-order valence-electron chi connectivity index (χ0n) is 11.0. The molecule has 96 valence electrons. The van der Waals surface area contributed by atoms with Crippen molar-refractivity contribution >= 4 is 15.9 Å². The molecule has 0 saturated heterocycles. The summed E-state index contributed by atoms with van der Waals surface area (Å²) in [5.74, 6) is 1.01. The zero-order chi connectivity index (χ0) is 13.3. The third-order valence-electron chi connectivity index (χ3n) is 3.27. The van der Waals surface area contributed by atoms with E-state index in [1.807, 2.05) is 7.05 Å². The van der Waals surface area contributed by atoms with Gasteiger partial charge in [-0.25, -0.2) is 4.98 Å². The van der Waals surface area contributed by atoms with Gasteiger partial charge in [-0.3, -0.25) is 0 Å². The van der Waals surface area contributed by atoms with Crippen molar-refractivity contribution in [3.8, 4) is 11.3 Å². The molecule has 3 nitrogen and oxygen atoms in total. The second kappa shape index (κ2) is 5.24. The number of rotatable bonds is 3. The fourth-order valence-corrected chi connectivity index (χ4v) is 2.47. The number of nitrogens with two attached hydrogens (primary N) is 1. The Kier molecular flexibility index (Phi) is 3.88. The number of hydrogen-bond acceptors (Lipinski definition) is 2. The van der Waals surface area contributed by atoms with Gasteiger partial charge in [-0.15, -0.1) is 0 Å². The Morgan fingerprint density at radius 1 is 1.28 bits per heavy atom. The minimum absolute atomic E-state index is 0.615. The second-order valence-electron chi connectivity index (χ2n) is 4.56. The summed E-state index contributed by atoms with van der Waals surface area (Å²) in [6.45, 7) is 4.85. The number of hydrogen-bond donors (Lipinski definition) is 1. The second-order valence-corrected chi connectivity index (χ2v) is 5.32. The van der Waals surface area contributed by atoms with Crippen LogP contribution in [0, 0.1) is 13.8 Å². The molecule has 0 saturated carbocycles. The number of aromatic nitrogens is 2. The molecule has 0 atom stereocenters. The van der Waals surface area contributed by atoms with Crippen molar-refractivity contribution in [2.24, 2.45) is 12.8 Å². The van der Waals surface area contributed by atoms with Gasteiger partial charge in [0.25, 0.3) is 0 Å². The van der Waals surface area contributed by atoms with E-state index in [0.29, 0.717) is 6.54 Å². The normalized spacial score (nSPS) is 10.9. The minimum Gasteiger partial charge on any atom is -0.330 e. The van der Waals surface area contributed by atoms with Crippen molar-refractivity contribution in [1.82, 2.24) is 9.55 Å². The van der Waals surface area contributed by atoms with Crippen LogP contribution in [0.5, 0.6) is 0 Å². The molecule has 0 aliphatic heterocycles. The van der Waals surface area contributed by atoms with Crippen molar-refractivity contribution in [2.45, 2.75) is 20.3 Å². The first kappa shape index (κ1) is 13.3.